The molecule has 3 heterocycles. The van der Waals surface area contributed by atoms with Crippen molar-refractivity contribution in [2.24, 2.45) is 7.05 Å². The quantitative estimate of drug-likeness (QED) is 0.248. The Kier molecular flexibility index (Phi) is 7.58. The molecule has 11 heteroatoms. The first-order valence-corrected chi connectivity index (χ1v) is 12.7. The summed E-state index contributed by atoms with van der Waals surface area (Å²) in [7, 11) is 4.71. The Morgan fingerprint density at radius 3 is 2.44 bits per heavy atom. The smallest absolute Gasteiger partial charge is 0.261 e. The lowest BCUT2D eigenvalue weighted by Crippen LogP contribution is -2.25. The van der Waals surface area contributed by atoms with E-state index < -0.39 is 17.2 Å². The van der Waals surface area contributed by atoms with Crippen molar-refractivity contribution in [1.29, 1.82) is 0 Å². The van der Waals surface area contributed by atoms with E-state index >= 15 is 0 Å². The molecule has 0 atom stereocenters. The average molecular weight is 575 g/mol. The van der Waals surface area contributed by atoms with Gasteiger partial charge in [0.25, 0.3) is 11.8 Å². The summed E-state index contributed by atoms with van der Waals surface area (Å²) in [6, 6.07) is 13.6. The van der Waals surface area contributed by atoms with Gasteiger partial charge in [0.1, 0.15) is 22.6 Å². The van der Waals surface area contributed by atoms with E-state index in [1.165, 1.54) is 50.7 Å². The highest BCUT2D eigenvalue weighted by molar-refractivity contribution is 6.32. The maximum absolute atomic E-state index is 13.5. The van der Waals surface area contributed by atoms with Crippen molar-refractivity contribution in [2.45, 2.75) is 6.92 Å². The maximum Gasteiger partial charge on any atom is 0.261 e. The summed E-state index contributed by atoms with van der Waals surface area (Å²) >= 11 is 6.51. The molecule has 3 aromatic heterocycles. The van der Waals surface area contributed by atoms with Crippen LogP contribution in [0.4, 0.5) is 10.1 Å². The number of amides is 1. The zero-order chi connectivity index (χ0) is 29.3. The van der Waals surface area contributed by atoms with E-state index in [0.717, 1.165) is 0 Å². The van der Waals surface area contributed by atoms with Gasteiger partial charge in [0.15, 0.2) is 11.5 Å². The number of carbonyl (C=O) groups is 1. The molecule has 0 bridgehead atoms. The zero-order valence-corrected chi connectivity index (χ0v) is 23.2. The van der Waals surface area contributed by atoms with E-state index in [4.69, 9.17) is 25.8 Å². The molecule has 5 aromatic rings. The highest BCUT2D eigenvalue weighted by atomic mass is 35.5. The fourth-order valence-electron chi connectivity index (χ4n) is 4.31. The van der Waals surface area contributed by atoms with Crippen molar-refractivity contribution in [3.63, 3.8) is 0 Å². The molecule has 2 aromatic carbocycles. The second-order valence-electron chi connectivity index (χ2n) is 9.03. The third-order valence-electron chi connectivity index (χ3n) is 6.49. The molecule has 41 heavy (non-hydrogen) atoms. The fraction of sp³-hybridized carbons (Fsp3) is 0.133. The van der Waals surface area contributed by atoms with Crippen LogP contribution < -0.4 is 25.0 Å². The van der Waals surface area contributed by atoms with Crippen LogP contribution in [-0.4, -0.2) is 34.7 Å². The standard InChI is InChI=1S/C30H24ClFN4O5/c1-16-26(17-5-7-18(32)8-6-17)28(37)20(15-36(16)2)29(38)34-19-9-10-23(21(31)13-19)41-24-11-12-33-22-14-25(39-3)30(40-4)35-27(22)24/h5-15H,1-4H3,(H,34,38). The monoisotopic (exact) mass is 574 g/mol. The van der Waals surface area contributed by atoms with Crippen LogP contribution in [-0.2, 0) is 7.05 Å². The number of pyridine rings is 3. The van der Waals surface area contributed by atoms with E-state index in [1.807, 2.05) is 0 Å². The van der Waals surface area contributed by atoms with Gasteiger partial charge in [0.05, 0.1) is 24.8 Å². The van der Waals surface area contributed by atoms with Crippen LogP contribution in [0.1, 0.15) is 16.1 Å². The molecular formula is C30H24ClFN4O5. The molecule has 0 unspecified atom stereocenters. The minimum absolute atomic E-state index is 0.0763. The molecule has 0 aliphatic heterocycles. The summed E-state index contributed by atoms with van der Waals surface area (Å²) in [6.07, 6.45) is 3.03. The topological polar surface area (TPSA) is 105 Å². The normalized spacial score (nSPS) is 10.9. The Hall–Kier alpha value is -4.96. The molecule has 0 saturated carbocycles. The largest absolute Gasteiger partial charge is 0.491 e. The second kappa shape index (κ2) is 11.3. The lowest BCUT2D eigenvalue weighted by atomic mass is 10.0. The molecule has 1 N–H and O–H groups in total. The van der Waals surface area contributed by atoms with Gasteiger partial charge < -0.3 is 24.1 Å². The van der Waals surface area contributed by atoms with Crippen LogP contribution in [0, 0.1) is 12.7 Å². The van der Waals surface area contributed by atoms with Crippen LogP contribution in [0.3, 0.4) is 0 Å². The van der Waals surface area contributed by atoms with Crippen molar-refractivity contribution in [3.8, 4) is 34.3 Å². The number of nitrogens with zero attached hydrogens (tertiary/aromatic N) is 3. The molecule has 0 spiro atoms. The molecule has 0 radical (unpaired) electrons. The van der Waals surface area contributed by atoms with Crippen molar-refractivity contribution in [2.75, 3.05) is 19.5 Å². The average Bonchev–Trinajstić information content (AvgIpc) is 2.96. The summed E-state index contributed by atoms with van der Waals surface area (Å²) in [5, 5.41) is 2.92. The number of carbonyl (C=O) groups excluding carboxylic acids is 1. The Bertz CT molecular complexity index is 1860. The van der Waals surface area contributed by atoms with Gasteiger partial charge in [-0.2, -0.15) is 0 Å². The highest BCUT2D eigenvalue weighted by Crippen LogP contribution is 2.37. The third kappa shape index (κ3) is 5.42. The second-order valence-corrected chi connectivity index (χ2v) is 9.44. The minimum atomic E-state index is -0.621. The number of aryl methyl sites for hydroxylation is 1. The molecule has 208 valence electrons. The summed E-state index contributed by atoms with van der Waals surface area (Å²) in [6.45, 7) is 1.76. The number of rotatable bonds is 7. The maximum atomic E-state index is 13.5. The van der Waals surface area contributed by atoms with Gasteiger partial charge in [-0.25, -0.2) is 9.37 Å². The van der Waals surface area contributed by atoms with Crippen molar-refractivity contribution in [1.82, 2.24) is 14.5 Å². The summed E-state index contributed by atoms with van der Waals surface area (Å²) < 4.78 is 31.8. The Balaban J connectivity index is 1.42. The van der Waals surface area contributed by atoms with Gasteiger partial charge in [-0.15, -0.1) is 0 Å². The van der Waals surface area contributed by atoms with Crippen molar-refractivity contribution >= 4 is 34.2 Å². The van der Waals surface area contributed by atoms with E-state index in [9.17, 15) is 14.0 Å². The summed E-state index contributed by atoms with van der Waals surface area (Å²) in [5.74, 6) is 0.339. The zero-order valence-electron chi connectivity index (χ0n) is 22.5. The number of hydrogen-bond acceptors (Lipinski definition) is 7. The van der Waals surface area contributed by atoms with Gasteiger partial charge >= 0.3 is 0 Å². The Morgan fingerprint density at radius 2 is 1.76 bits per heavy atom. The Morgan fingerprint density at radius 1 is 1.00 bits per heavy atom. The SMILES string of the molecule is COc1cc2nccc(Oc3ccc(NC(=O)c4cn(C)c(C)c(-c5ccc(F)cc5)c4=O)cc3Cl)c2nc1OC. The number of aromatic nitrogens is 3. The van der Waals surface area contributed by atoms with Crippen molar-refractivity contribution < 1.29 is 23.4 Å². The highest BCUT2D eigenvalue weighted by Gasteiger charge is 2.20. The van der Waals surface area contributed by atoms with E-state index in [0.29, 0.717) is 50.8 Å². The number of ether oxygens (including phenoxy) is 3. The Labute approximate surface area is 239 Å². The number of fused-ring (bicyclic) bond motifs is 1. The van der Waals surface area contributed by atoms with Gasteiger partial charge in [0, 0.05) is 48.5 Å². The van der Waals surface area contributed by atoms with Gasteiger partial charge in [-0.1, -0.05) is 23.7 Å². The lowest BCUT2D eigenvalue weighted by Gasteiger charge is -2.14. The molecule has 0 aliphatic rings. The number of hydrogen-bond donors (Lipinski definition) is 1. The van der Waals surface area contributed by atoms with E-state index in [2.05, 4.69) is 15.3 Å². The first-order chi connectivity index (χ1) is 19.7. The first kappa shape index (κ1) is 27.6. The lowest BCUT2D eigenvalue weighted by molar-refractivity contribution is 0.102. The third-order valence-corrected chi connectivity index (χ3v) is 6.79. The summed E-state index contributed by atoms with van der Waals surface area (Å²) in [4.78, 5) is 35.3. The van der Waals surface area contributed by atoms with Crippen LogP contribution in [0.15, 0.2) is 71.8 Å². The molecule has 1 amide bonds. The number of nitrogens with one attached hydrogen (secondary N) is 1. The molecule has 0 saturated heterocycles. The van der Waals surface area contributed by atoms with E-state index in [-0.39, 0.29) is 16.5 Å². The molecule has 5 rings (SSSR count). The van der Waals surface area contributed by atoms with Gasteiger partial charge in [-0.3, -0.25) is 14.6 Å². The van der Waals surface area contributed by atoms with Gasteiger partial charge in [-0.05, 0) is 42.8 Å². The molecular weight excluding hydrogens is 551 g/mol. The van der Waals surface area contributed by atoms with Crippen LogP contribution in [0.25, 0.3) is 22.2 Å². The number of methoxy groups -OCH3 is 2. The molecule has 0 fully saturated rings. The number of anilines is 1. The molecule has 9 nitrogen and oxygen atoms in total. The summed E-state index contributed by atoms with van der Waals surface area (Å²) in [5.41, 5.74) is 2.23. The minimum Gasteiger partial charge on any atom is -0.491 e. The van der Waals surface area contributed by atoms with E-state index in [1.54, 1.807) is 49.0 Å². The number of benzene rings is 2. The predicted octanol–water partition coefficient (Wildman–Crippen LogP) is 6.16. The van der Waals surface area contributed by atoms with Crippen LogP contribution >= 0.6 is 11.6 Å². The number of halogens is 2. The van der Waals surface area contributed by atoms with Gasteiger partial charge in [0.2, 0.25) is 5.43 Å². The van der Waals surface area contributed by atoms with Crippen LogP contribution in [0.2, 0.25) is 5.02 Å². The molecule has 0 aliphatic carbocycles. The predicted molar refractivity (Wildman–Crippen MR) is 154 cm³/mol. The van der Waals surface area contributed by atoms with Crippen LogP contribution in [0.5, 0.6) is 23.1 Å². The van der Waals surface area contributed by atoms with Crippen molar-refractivity contribution in [3.05, 3.63) is 99.3 Å². The fourth-order valence-corrected chi connectivity index (χ4v) is 4.53. The first-order valence-electron chi connectivity index (χ1n) is 12.3.